The summed E-state index contributed by atoms with van der Waals surface area (Å²) in [6, 6.07) is 2.22. The van der Waals surface area contributed by atoms with Crippen LogP contribution < -0.4 is 4.90 Å². The average Bonchev–Trinajstić information content (AvgIpc) is 3.01. The number of hydrogen-bond donors (Lipinski definition) is 0. The highest BCUT2D eigenvalue weighted by atomic mass is 32.1. The zero-order valence-electron chi connectivity index (χ0n) is 12.3. The van der Waals surface area contributed by atoms with Gasteiger partial charge in [0.1, 0.15) is 0 Å². The molecule has 0 atom stereocenters. The van der Waals surface area contributed by atoms with Crippen LogP contribution in [0.1, 0.15) is 46.1 Å². The fourth-order valence-corrected chi connectivity index (χ4v) is 5.19. The molecule has 1 aliphatic heterocycles. The Kier molecular flexibility index (Phi) is 2.98. The Balaban J connectivity index is 1.65. The number of aromatic nitrogens is 1. The minimum atomic E-state index is 0.0534. The van der Waals surface area contributed by atoms with Crippen LogP contribution in [-0.2, 0) is 19.4 Å². The smallest absolute Gasteiger partial charge is 0.186 e. The summed E-state index contributed by atoms with van der Waals surface area (Å²) >= 11 is 3.45. The predicted molar refractivity (Wildman–Crippen MR) is 87.6 cm³/mol. The fourth-order valence-electron chi connectivity index (χ4n) is 3.25. The Bertz CT molecular complexity index is 714. The Labute approximate surface area is 132 Å². The van der Waals surface area contributed by atoms with Crippen molar-refractivity contribution >= 4 is 33.6 Å². The maximum Gasteiger partial charge on any atom is 0.186 e. The third kappa shape index (κ3) is 2.32. The second kappa shape index (κ2) is 4.65. The second-order valence-corrected chi connectivity index (χ2v) is 8.73. The molecule has 110 valence electrons. The number of carbonyl (C=O) groups is 1. The first-order chi connectivity index (χ1) is 10.0. The highest BCUT2D eigenvalue weighted by Crippen LogP contribution is 2.40. The minimum absolute atomic E-state index is 0.0534. The van der Waals surface area contributed by atoms with Gasteiger partial charge in [0, 0.05) is 24.4 Å². The van der Waals surface area contributed by atoms with Gasteiger partial charge in [-0.1, -0.05) is 25.2 Å². The molecule has 0 fully saturated rings. The summed E-state index contributed by atoms with van der Waals surface area (Å²) < 4.78 is 0. The minimum Gasteiger partial charge on any atom is -0.343 e. The Hall–Kier alpha value is -1.20. The van der Waals surface area contributed by atoms with Crippen molar-refractivity contribution in [2.75, 3.05) is 11.4 Å². The quantitative estimate of drug-likeness (QED) is 0.799. The highest BCUT2D eigenvalue weighted by molar-refractivity contribution is 7.17. The van der Waals surface area contributed by atoms with Crippen LogP contribution in [-0.4, -0.2) is 17.3 Å². The van der Waals surface area contributed by atoms with E-state index in [9.17, 15) is 4.79 Å². The number of hydrogen-bond acceptors (Lipinski definition) is 5. The fraction of sp³-hybridized carbons (Fsp3) is 0.500. The normalized spacial score (nSPS) is 20.3. The number of anilines is 1. The molecule has 5 heteroatoms. The second-order valence-electron chi connectivity index (χ2n) is 6.75. The summed E-state index contributed by atoms with van der Waals surface area (Å²) in [5.41, 5.74) is 2.50. The van der Waals surface area contributed by atoms with E-state index in [0.29, 0.717) is 6.42 Å². The van der Waals surface area contributed by atoms with E-state index in [1.165, 1.54) is 10.4 Å². The lowest BCUT2D eigenvalue weighted by Gasteiger charge is -2.27. The molecule has 2 aliphatic rings. The lowest BCUT2D eigenvalue weighted by molar-refractivity contribution is 0.0916. The molecule has 4 rings (SSSR count). The molecule has 0 N–H and O–H groups in total. The third-order valence-corrected chi connectivity index (χ3v) is 6.53. The van der Waals surface area contributed by atoms with Gasteiger partial charge in [0.15, 0.2) is 10.9 Å². The maximum absolute atomic E-state index is 12.3. The van der Waals surface area contributed by atoms with E-state index in [1.54, 1.807) is 11.3 Å². The monoisotopic (exact) mass is 318 g/mol. The standard InChI is InChI=1S/C16H18N2OS2/c1-16(2)7-11-14(12(19)8-16)21-15(17-11)18-5-3-13-10(9-18)4-6-20-13/h4,6H,3,5,7-9H2,1-2H3. The topological polar surface area (TPSA) is 33.2 Å². The van der Waals surface area contributed by atoms with Gasteiger partial charge in [-0.3, -0.25) is 4.79 Å². The number of thiophene rings is 1. The Morgan fingerprint density at radius 1 is 1.33 bits per heavy atom. The first-order valence-electron chi connectivity index (χ1n) is 7.35. The van der Waals surface area contributed by atoms with Crippen molar-refractivity contribution in [2.24, 2.45) is 5.41 Å². The highest BCUT2D eigenvalue weighted by Gasteiger charge is 2.34. The van der Waals surface area contributed by atoms with E-state index in [-0.39, 0.29) is 11.2 Å². The van der Waals surface area contributed by atoms with Crippen LogP contribution in [0, 0.1) is 5.41 Å². The molecule has 0 saturated carbocycles. The molecule has 3 nitrogen and oxygen atoms in total. The first kappa shape index (κ1) is 13.5. The van der Waals surface area contributed by atoms with E-state index in [0.717, 1.165) is 41.6 Å². The van der Waals surface area contributed by atoms with Crippen LogP contribution in [0.3, 0.4) is 0 Å². The van der Waals surface area contributed by atoms with Crippen molar-refractivity contribution in [1.82, 2.24) is 4.98 Å². The van der Waals surface area contributed by atoms with Gasteiger partial charge in [0.2, 0.25) is 0 Å². The molecule has 0 bridgehead atoms. The molecule has 0 saturated heterocycles. The zero-order chi connectivity index (χ0) is 14.6. The third-order valence-electron chi connectivity index (χ3n) is 4.30. The van der Waals surface area contributed by atoms with Gasteiger partial charge >= 0.3 is 0 Å². The molecule has 0 radical (unpaired) electrons. The van der Waals surface area contributed by atoms with Gasteiger partial charge in [0.05, 0.1) is 10.6 Å². The van der Waals surface area contributed by atoms with Crippen molar-refractivity contribution in [2.45, 2.75) is 39.7 Å². The van der Waals surface area contributed by atoms with Gasteiger partial charge in [-0.25, -0.2) is 4.98 Å². The average molecular weight is 318 g/mol. The van der Waals surface area contributed by atoms with Crippen LogP contribution in [0.4, 0.5) is 5.13 Å². The van der Waals surface area contributed by atoms with E-state index in [4.69, 9.17) is 4.98 Å². The summed E-state index contributed by atoms with van der Waals surface area (Å²) in [6.45, 7) is 6.26. The SMILES string of the molecule is CC1(C)CC(=O)c2sc(N3CCc4sccc4C3)nc2C1. The van der Waals surface area contributed by atoms with Gasteiger partial charge in [-0.15, -0.1) is 11.3 Å². The van der Waals surface area contributed by atoms with Crippen LogP contribution in [0.15, 0.2) is 11.4 Å². The molecule has 0 aromatic carbocycles. The number of thiazole rings is 1. The number of Topliss-reactive ketones (excluding diaryl/α,β-unsaturated/α-hetero) is 1. The van der Waals surface area contributed by atoms with Gasteiger partial charge < -0.3 is 4.90 Å². The van der Waals surface area contributed by atoms with Crippen molar-refractivity contribution < 1.29 is 4.79 Å². The molecular formula is C16H18N2OS2. The van der Waals surface area contributed by atoms with E-state index >= 15 is 0 Å². The molecule has 2 aromatic heterocycles. The Morgan fingerprint density at radius 3 is 3.05 bits per heavy atom. The molecule has 0 spiro atoms. The van der Waals surface area contributed by atoms with Crippen molar-refractivity contribution in [3.8, 4) is 0 Å². The summed E-state index contributed by atoms with van der Waals surface area (Å²) in [6.07, 6.45) is 2.66. The summed E-state index contributed by atoms with van der Waals surface area (Å²) in [5.74, 6) is 0.276. The van der Waals surface area contributed by atoms with Crippen molar-refractivity contribution in [1.29, 1.82) is 0 Å². The zero-order valence-corrected chi connectivity index (χ0v) is 13.9. The van der Waals surface area contributed by atoms with Crippen molar-refractivity contribution in [3.05, 3.63) is 32.5 Å². The molecule has 0 amide bonds. The maximum atomic E-state index is 12.3. The summed E-state index contributed by atoms with van der Waals surface area (Å²) in [7, 11) is 0. The van der Waals surface area contributed by atoms with Gasteiger partial charge in [-0.2, -0.15) is 0 Å². The van der Waals surface area contributed by atoms with Crippen LogP contribution >= 0.6 is 22.7 Å². The number of ketones is 1. The van der Waals surface area contributed by atoms with E-state index < -0.39 is 0 Å². The molecule has 3 heterocycles. The van der Waals surface area contributed by atoms with Crippen molar-refractivity contribution in [3.63, 3.8) is 0 Å². The van der Waals surface area contributed by atoms with Crippen LogP contribution in [0.5, 0.6) is 0 Å². The number of carbonyl (C=O) groups excluding carboxylic acids is 1. The molecule has 1 aliphatic carbocycles. The van der Waals surface area contributed by atoms with Gasteiger partial charge in [0.25, 0.3) is 0 Å². The number of rotatable bonds is 1. The molecule has 0 unspecified atom stereocenters. The summed E-state index contributed by atoms with van der Waals surface area (Å²) in [5, 5.41) is 3.20. The van der Waals surface area contributed by atoms with Crippen LogP contribution in [0.25, 0.3) is 0 Å². The lowest BCUT2D eigenvalue weighted by atomic mass is 9.78. The molecular weight excluding hydrogens is 300 g/mol. The summed E-state index contributed by atoms with van der Waals surface area (Å²) in [4.78, 5) is 21.9. The first-order valence-corrected chi connectivity index (χ1v) is 9.04. The molecule has 21 heavy (non-hydrogen) atoms. The van der Waals surface area contributed by atoms with Crippen LogP contribution in [0.2, 0.25) is 0 Å². The largest absolute Gasteiger partial charge is 0.343 e. The predicted octanol–water partition coefficient (Wildman–Crippen LogP) is 3.92. The number of nitrogens with zero attached hydrogens (tertiary/aromatic N) is 2. The van der Waals surface area contributed by atoms with E-state index in [1.807, 2.05) is 11.3 Å². The van der Waals surface area contributed by atoms with E-state index in [2.05, 4.69) is 30.2 Å². The van der Waals surface area contributed by atoms with Gasteiger partial charge in [-0.05, 0) is 35.3 Å². The Morgan fingerprint density at radius 2 is 2.19 bits per heavy atom. The lowest BCUT2D eigenvalue weighted by Crippen LogP contribution is -2.29. The molecule has 2 aromatic rings. The number of fused-ring (bicyclic) bond motifs is 2.